The second-order valence-electron chi connectivity index (χ2n) is 5.44. The summed E-state index contributed by atoms with van der Waals surface area (Å²) in [6.45, 7) is 3.31. The van der Waals surface area contributed by atoms with Crippen molar-refractivity contribution < 1.29 is 19.1 Å². The molecule has 6 nitrogen and oxygen atoms in total. The smallest absolute Gasteiger partial charge is 0.351 e. The van der Waals surface area contributed by atoms with Crippen LogP contribution in [0.1, 0.15) is 22.3 Å². The normalized spacial score (nSPS) is 11.7. The highest BCUT2D eigenvalue weighted by atomic mass is 32.1. The first-order valence-corrected chi connectivity index (χ1v) is 8.19. The van der Waals surface area contributed by atoms with Crippen LogP contribution in [0.2, 0.25) is 0 Å². The van der Waals surface area contributed by atoms with E-state index in [-0.39, 0.29) is 5.91 Å². The van der Waals surface area contributed by atoms with E-state index in [4.69, 9.17) is 9.47 Å². The number of methoxy groups -OCH3 is 1. The summed E-state index contributed by atoms with van der Waals surface area (Å²) in [5, 5.41) is 0.716. The average molecular weight is 348 g/mol. The Morgan fingerprint density at radius 1 is 1.21 bits per heavy atom. The van der Waals surface area contributed by atoms with Crippen LogP contribution >= 0.6 is 11.3 Å². The van der Waals surface area contributed by atoms with Gasteiger partial charge in [0.05, 0.1) is 12.8 Å². The largest absolute Gasteiger partial charge is 0.497 e. The maximum absolute atomic E-state index is 12.3. The number of hydrogen-bond donors (Lipinski definition) is 0. The standard InChI is InChI=1S/C17H20N2O4S/c1-10-14(17(21)23-11(2)16(20)19(3)4)24-15(18-10)12-6-8-13(22-5)9-7-12/h6-9,11H,1-5H3/t11-/m1/s1. The summed E-state index contributed by atoms with van der Waals surface area (Å²) < 4.78 is 10.4. The Kier molecular flexibility index (Phi) is 5.56. The number of esters is 1. The lowest BCUT2D eigenvalue weighted by Crippen LogP contribution is -2.34. The molecule has 0 saturated carbocycles. The Bertz CT molecular complexity index is 738. The zero-order chi connectivity index (χ0) is 17.9. The van der Waals surface area contributed by atoms with E-state index in [1.54, 1.807) is 35.1 Å². The monoisotopic (exact) mass is 348 g/mol. The van der Waals surface area contributed by atoms with Crippen LogP contribution in [0.4, 0.5) is 0 Å². The lowest BCUT2D eigenvalue weighted by atomic mass is 10.2. The minimum Gasteiger partial charge on any atom is -0.497 e. The molecule has 0 unspecified atom stereocenters. The summed E-state index contributed by atoms with van der Waals surface area (Å²) in [5.41, 5.74) is 1.47. The van der Waals surface area contributed by atoms with Crippen molar-refractivity contribution in [3.63, 3.8) is 0 Å². The quantitative estimate of drug-likeness (QED) is 0.777. The van der Waals surface area contributed by atoms with Gasteiger partial charge in [-0.2, -0.15) is 0 Å². The second-order valence-corrected chi connectivity index (χ2v) is 6.44. The van der Waals surface area contributed by atoms with Crippen molar-refractivity contribution in [2.75, 3.05) is 21.2 Å². The SMILES string of the molecule is COc1ccc(-c2nc(C)c(C(=O)O[C@H](C)C(=O)N(C)C)s2)cc1. The number of carbonyl (C=O) groups is 2. The van der Waals surface area contributed by atoms with Crippen molar-refractivity contribution in [2.24, 2.45) is 0 Å². The number of thiazole rings is 1. The molecular formula is C17H20N2O4S. The Morgan fingerprint density at radius 3 is 2.38 bits per heavy atom. The van der Waals surface area contributed by atoms with Crippen LogP contribution in [-0.4, -0.2) is 49.1 Å². The first-order valence-electron chi connectivity index (χ1n) is 7.37. The second kappa shape index (κ2) is 7.44. The topological polar surface area (TPSA) is 68.7 Å². The molecular weight excluding hydrogens is 328 g/mol. The van der Waals surface area contributed by atoms with Crippen molar-refractivity contribution in [2.45, 2.75) is 20.0 Å². The molecule has 1 aromatic carbocycles. The first kappa shape index (κ1) is 17.9. The lowest BCUT2D eigenvalue weighted by molar-refractivity contribution is -0.137. The van der Waals surface area contributed by atoms with Gasteiger partial charge in [-0.25, -0.2) is 9.78 Å². The number of ether oxygens (including phenoxy) is 2. The summed E-state index contributed by atoms with van der Waals surface area (Å²) >= 11 is 1.24. The van der Waals surface area contributed by atoms with Crippen molar-refractivity contribution in [1.29, 1.82) is 0 Å². The van der Waals surface area contributed by atoms with Gasteiger partial charge in [-0.1, -0.05) is 0 Å². The molecule has 1 amide bonds. The predicted octanol–water partition coefficient (Wildman–Crippen LogP) is 2.76. The molecule has 7 heteroatoms. The molecule has 24 heavy (non-hydrogen) atoms. The van der Waals surface area contributed by atoms with E-state index in [1.807, 2.05) is 24.3 Å². The van der Waals surface area contributed by atoms with E-state index >= 15 is 0 Å². The fourth-order valence-electron chi connectivity index (χ4n) is 2.07. The zero-order valence-corrected chi connectivity index (χ0v) is 15.1. The van der Waals surface area contributed by atoms with E-state index in [2.05, 4.69) is 4.98 Å². The molecule has 2 rings (SSSR count). The number of nitrogens with zero attached hydrogens (tertiary/aromatic N) is 2. The van der Waals surface area contributed by atoms with Crippen molar-refractivity contribution in [3.8, 4) is 16.3 Å². The summed E-state index contributed by atoms with van der Waals surface area (Å²) in [6.07, 6.45) is -0.835. The van der Waals surface area contributed by atoms with Crippen molar-refractivity contribution in [3.05, 3.63) is 34.8 Å². The van der Waals surface area contributed by atoms with E-state index in [1.165, 1.54) is 16.2 Å². The van der Waals surface area contributed by atoms with Gasteiger partial charge >= 0.3 is 5.97 Å². The maximum Gasteiger partial charge on any atom is 0.351 e. The Morgan fingerprint density at radius 2 is 1.83 bits per heavy atom. The zero-order valence-electron chi connectivity index (χ0n) is 14.3. The molecule has 0 aliphatic carbocycles. The molecule has 2 aromatic rings. The molecule has 0 saturated heterocycles. The molecule has 128 valence electrons. The van der Waals surface area contributed by atoms with Crippen LogP contribution in [0, 0.1) is 6.92 Å². The van der Waals surface area contributed by atoms with Gasteiger partial charge in [-0.15, -0.1) is 11.3 Å². The summed E-state index contributed by atoms with van der Waals surface area (Å²) in [7, 11) is 4.84. The van der Waals surface area contributed by atoms with Gasteiger partial charge in [0, 0.05) is 19.7 Å². The molecule has 0 aliphatic rings. The van der Waals surface area contributed by atoms with Crippen LogP contribution in [0.15, 0.2) is 24.3 Å². The van der Waals surface area contributed by atoms with Gasteiger partial charge in [0.2, 0.25) is 0 Å². The van der Waals surface area contributed by atoms with E-state index in [0.29, 0.717) is 15.6 Å². The molecule has 0 N–H and O–H groups in total. The molecule has 0 bridgehead atoms. The minimum atomic E-state index is -0.835. The predicted molar refractivity (Wildman–Crippen MR) is 92.4 cm³/mol. The maximum atomic E-state index is 12.3. The van der Waals surface area contributed by atoms with Crippen LogP contribution in [0.3, 0.4) is 0 Å². The molecule has 0 aliphatic heterocycles. The first-order chi connectivity index (χ1) is 11.3. The minimum absolute atomic E-state index is 0.263. The number of rotatable bonds is 5. The number of amides is 1. The van der Waals surface area contributed by atoms with Gasteiger partial charge in [-0.05, 0) is 38.1 Å². The molecule has 1 aromatic heterocycles. The Balaban J connectivity index is 2.18. The summed E-state index contributed by atoms with van der Waals surface area (Å²) in [6, 6.07) is 7.43. The molecule has 1 atom stereocenters. The van der Waals surface area contributed by atoms with E-state index in [0.717, 1.165) is 11.3 Å². The Labute approximate surface area is 145 Å². The number of benzene rings is 1. The van der Waals surface area contributed by atoms with Crippen LogP contribution in [-0.2, 0) is 9.53 Å². The van der Waals surface area contributed by atoms with Gasteiger partial charge in [0.1, 0.15) is 15.6 Å². The molecule has 0 radical (unpaired) electrons. The van der Waals surface area contributed by atoms with Crippen LogP contribution in [0.5, 0.6) is 5.75 Å². The third-order valence-corrected chi connectivity index (χ3v) is 4.58. The van der Waals surface area contributed by atoms with Crippen molar-refractivity contribution in [1.82, 2.24) is 9.88 Å². The van der Waals surface area contributed by atoms with Gasteiger partial charge in [0.25, 0.3) is 5.91 Å². The third kappa shape index (κ3) is 3.91. The fourth-order valence-corrected chi connectivity index (χ4v) is 3.03. The highest BCUT2D eigenvalue weighted by Gasteiger charge is 2.23. The molecule has 1 heterocycles. The number of carbonyl (C=O) groups excluding carboxylic acids is 2. The number of likely N-dealkylation sites (N-methyl/N-ethyl adjacent to an activating group) is 1. The lowest BCUT2D eigenvalue weighted by Gasteiger charge is -2.16. The molecule has 0 spiro atoms. The van der Waals surface area contributed by atoms with E-state index < -0.39 is 12.1 Å². The van der Waals surface area contributed by atoms with Crippen LogP contribution < -0.4 is 4.74 Å². The average Bonchev–Trinajstić information content (AvgIpc) is 2.95. The van der Waals surface area contributed by atoms with Gasteiger partial charge in [0.15, 0.2) is 6.10 Å². The number of hydrogen-bond acceptors (Lipinski definition) is 6. The highest BCUT2D eigenvalue weighted by molar-refractivity contribution is 7.17. The van der Waals surface area contributed by atoms with E-state index in [9.17, 15) is 9.59 Å². The van der Waals surface area contributed by atoms with Crippen molar-refractivity contribution >= 4 is 23.2 Å². The van der Waals surface area contributed by atoms with Gasteiger partial charge < -0.3 is 14.4 Å². The number of aromatic nitrogens is 1. The van der Waals surface area contributed by atoms with Gasteiger partial charge in [-0.3, -0.25) is 4.79 Å². The summed E-state index contributed by atoms with van der Waals surface area (Å²) in [4.78, 5) is 30.3. The van der Waals surface area contributed by atoms with Crippen LogP contribution in [0.25, 0.3) is 10.6 Å². The fraction of sp³-hybridized carbons (Fsp3) is 0.353. The highest BCUT2D eigenvalue weighted by Crippen LogP contribution is 2.29. The number of aryl methyl sites for hydroxylation is 1. The molecule has 0 fully saturated rings. The summed E-state index contributed by atoms with van der Waals surface area (Å²) in [5.74, 6) is -0.0453. The Hall–Kier alpha value is -2.41. The third-order valence-electron chi connectivity index (χ3n) is 3.39.